The van der Waals surface area contributed by atoms with Gasteiger partial charge in [-0.1, -0.05) is 12.8 Å². The maximum atomic E-state index is 11.0. The molecule has 0 bridgehead atoms. The van der Waals surface area contributed by atoms with E-state index in [1.165, 1.54) is 44.6 Å². The van der Waals surface area contributed by atoms with Gasteiger partial charge in [0.15, 0.2) is 0 Å². The Bertz CT molecular complexity index is 530. The minimum Gasteiger partial charge on any atom is -0.371 e. The fourth-order valence-electron chi connectivity index (χ4n) is 3.83. The van der Waals surface area contributed by atoms with Crippen LogP contribution in [0.5, 0.6) is 0 Å². The van der Waals surface area contributed by atoms with Crippen molar-refractivity contribution in [3.05, 3.63) is 28.3 Å². The van der Waals surface area contributed by atoms with Crippen LogP contribution in [0.25, 0.3) is 0 Å². The van der Waals surface area contributed by atoms with Crippen LogP contribution in [0.15, 0.2) is 18.2 Å². The number of benzene rings is 1. The molecule has 114 valence electrons. The van der Waals surface area contributed by atoms with Crippen molar-refractivity contribution >= 4 is 17.1 Å². The molecular weight excluding hydrogens is 268 g/mol. The van der Waals surface area contributed by atoms with E-state index in [1.807, 2.05) is 6.07 Å². The van der Waals surface area contributed by atoms with Crippen molar-refractivity contribution in [1.82, 2.24) is 0 Å². The Hall–Kier alpha value is -1.82. The zero-order valence-corrected chi connectivity index (χ0v) is 12.2. The van der Waals surface area contributed by atoms with Crippen molar-refractivity contribution in [3.8, 4) is 0 Å². The van der Waals surface area contributed by atoms with E-state index < -0.39 is 0 Å². The van der Waals surface area contributed by atoms with Gasteiger partial charge < -0.3 is 10.3 Å². The summed E-state index contributed by atoms with van der Waals surface area (Å²) in [6.07, 6.45) is 7.81. The normalized spacial score (nSPS) is 20.7. The van der Waals surface area contributed by atoms with Crippen molar-refractivity contribution in [2.24, 2.45) is 11.3 Å². The van der Waals surface area contributed by atoms with Crippen molar-refractivity contribution in [2.45, 2.75) is 38.5 Å². The van der Waals surface area contributed by atoms with E-state index in [0.717, 1.165) is 18.8 Å². The molecule has 0 aromatic heterocycles. The lowest BCUT2D eigenvalue weighted by Crippen LogP contribution is -2.38. The second-order valence-corrected chi connectivity index (χ2v) is 6.33. The Labute approximate surface area is 124 Å². The number of nitrogens with one attached hydrogen (secondary N) is 1. The molecule has 1 saturated heterocycles. The van der Waals surface area contributed by atoms with Gasteiger partial charge in [-0.3, -0.25) is 16.0 Å². The first-order valence-corrected chi connectivity index (χ1v) is 7.63. The van der Waals surface area contributed by atoms with Crippen LogP contribution in [0, 0.1) is 15.5 Å². The summed E-state index contributed by atoms with van der Waals surface area (Å²) in [6.45, 7) is 1.95. The summed E-state index contributed by atoms with van der Waals surface area (Å²) in [5.41, 5.74) is 4.63. The van der Waals surface area contributed by atoms with Gasteiger partial charge >= 0.3 is 0 Å². The third-order valence-electron chi connectivity index (χ3n) is 5.13. The number of hydrogen-bond donors (Lipinski definition) is 2. The lowest BCUT2D eigenvalue weighted by atomic mass is 9.77. The first kappa shape index (κ1) is 14.1. The Morgan fingerprint density at radius 2 is 1.81 bits per heavy atom. The number of nitrogens with two attached hydrogens (primary N) is 1. The summed E-state index contributed by atoms with van der Waals surface area (Å²) in [4.78, 5) is 12.9. The Morgan fingerprint density at radius 1 is 1.14 bits per heavy atom. The molecule has 0 radical (unpaired) electrons. The molecule has 0 amide bonds. The summed E-state index contributed by atoms with van der Waals surface area (Å²) in [5.74, 6) is 5.42. The number of hydrazine groups is 1. The maximum absolute atomic E-state index is 11.0. The molecule has 1 aromatic carbocycles. The van der Waals surface area contributed by atoms with Gasteiger partial charge in [0, 0.05) is 30.9 Å². The van der Waals surface area contributed by atoms with Crippen LogP contribution in [-0.2, 0) is 0 Å². The fraction of sp³-hybridized carbons (Fsp3) is 0.600. The lowest BCUT2D eigenvalue weighted by Gasteiger charge is -2.40. The van der Waals surface area contributed by atoms with Gasteiger partial charge in [0.05, 0.1) is 10.6 Å². The number of hydrogen-bond acceptors (Lipinski definition) is 5. The second kappa shape index (κ2) is 5.52. The van der Waals surface area contributed by atoms with Gasteiger partial charge in [0.2, 0.25) is 0 Å². The summed E-state index contributed by atoms with van der Waals surface area (Å²) in [6, 6.07) is 5.00. The SMILES string of the molecule is NNc1cc(N2CCC3(CCCC3)CC2)cc([N+](=O)[O-])c1. The van der Waals surface area contributed by atoms with Crippen molar-refractivity contribution in [2.75, 3.05) is 23.4 Å². The van der Waals surface area contributed by atoms with Crippen molar-refractivity contribution in [1.29, 1.82) is 0 Å². The Kier molecular flexibility index (Phi) is 3.71. The summed E-state index contributed by atoms with van der Waals surface area (Å²) in [5, 5.41) is 11.0. The molecule has 3 rings (SSSR count). The van der Waals surface area contributed by atoms with E-state index in [2.05, 4.69) is 10.3 Å². The number of nitro benzene ring substituents is 1. The van der Waals surface area contributed by atoms with Gasteiger partial charge in [-0.2, -0.15) is 0 Å². The van der Waals surface area contributed by atoms with Crippen LogP contribution in [0.3, 0.4) is 0 Å². The molecule has 0 unspecified atom stereocenters. The largest absolute Gasteiger partial charge is 0.371 e. The predicted octanol–water partition coefficient (Wildman–Crippen LogP) is 3.04. The number of nitrogens with zero attached hydrogens (tertiary/aromatic N) is 2. The standard InChI is InChI=1S/C15H22N4O2/c16-17-12-9-13(11-14(10-12)19(20)21)18-7-5-15(6-8-18)3-1-2-4-15/h9-11,17H,1-8,16H2. The molecule has 3 N–H and O–H groups in total. The third kappa shape index (κ3) is 2.81. The topological polar surface area (TPSA) is 84.4 Å². The van der Waals surface area contributed by atoms with Crippen LogP contribution in [-0.4, -0.2) is 18.0 Å². The molecule has 1 heterocycles. The monoisotopic (exact) mass is 290 g/mol. The summed E-state index contributed by atoms with van der Waals surface area (Å²) in [7, 11) is 0. The van der Waals surface area contributed by atoms with E-state index in [-0.39, 0.29) is 10.6 Å². The van der Waals surface area contributed by atoms with Crippen LogP contribution in [0.2, 0.25) is 0 Å². The highest BCUT2D eigenvalue weighted by molar-refractivity contribution is 5.64. The quantitative estimate of drug-likeness (QED) is 0.508. The molecule has 1 aliphatic heterocycles. The maximum Gasteiger partial charge on any atom is 0.273 e. The number of nitro groups is 1. The van der Waals surface area contributed by atoms with E-state index in [9.17, 15) is 10.1 Å². The number of anilines is 2. The van der Waals surface area contributed by atoms with E-state index in [4.69, 9.17) is 5.84 Å². The van der Waals surface area contributed by atoms with E-state index in [1.54, 1.807) is 6.07 Å². The predicted molar refractivity (Wildman–Crippen MR) is 83.3 cm³/mol. The highest BCUT2D eigenvalue weighted by atomic mass is 16.6. The smallest absolute Gasteiger partial charge is 0.273 e. The number of rotatable bonds is 3. The number of non-ortho nitro benzene ring substituents is 1. The Morgan fingerprint density at radius 3 is 2.38 bits per heavy atom. The first-order chi connectivity index (χ1) is 10.1. The molecule has 2 fully saturated rings. The van der Waals surface area contributed by atoms with Crippen molar-refractivity contribution < 1.29 is 4.92 Å². The summed E-state index contributed by atoms with van der Waals surface area (Å²) >= 11 is 0. The molecular formula is C15H22N4O2. The molecule has 0 atom stereocenters. The number of piperidine rings is 1. The fourth-order valence-corrected chi connectivity index (χ4v) is 3.83. The first-order valence-electron chi connectivity index (χ1n) is 7.63. The van der Waals surface area contributed by atoms with Gasteiger partial charge in [0.1, 0.15) is 0 Å². The van der Waals surface area contributed by atoms with E-state index >= 15 is 0 Å². The van der Waals surface area contributed by atoms with Gasteiger partial charge in [-0.15, -0.1) is 0 Å². The van der Waals surface area contributed by atoms with Gasteiger partial charge in [-0.05, 0) is 37.2 Å². The molecule has 6 nitrogen and oxygen atoms in total. The van der Waals surface area contributed by atoms with Crippen LogP contribution < -0.4 is 16.2 Å². The molecule has 2 aliphatic rings. The van der Waals surface area contributed by atoms with Crippen LogP contribution in [0.4, 0.5) is 17.1 Å². The minimum atomic E-state index is -0.368. The molecule has 1 aliphatic carbocycles. The number of nitrogen functional groups attached to an aromatic ring is 1. The molecule has 1 aromatic rings. The molecule has 1 spiro atoms. The van der Waals surface area contributed by atoms with Crippen LogP contribution >= 0.6 is 0 Å². The highest BCUT2D eigenvalue weighted by Gasteiger charge is 2.37. The van der Waals surface area contributed by atoms with Gasteiger partial charge in [-0.25, -0.2) is 0 Å². The average molecular weight is 290 g/mol. The zero-order chi connectivity index (χ0) is 14.9. The summed E-state index contributed by atoms with van der Waals surface area (Å²) < 4.78 is 0. The highest BCUT2D eigenvalue weighted by Crippen LogP contribution is 2.46. The second-order valence-electron chi connectivity index (χ2n) is 6.33. The molecule has 6 heteroatoms. The van der Waals surface area contributed by atoms with Crippen molar-refractivity contribution in [3.63, 3.8) is 0 Å². The van der Waals surface area contributed by atoms with Gasteiger partial charge in [0.25, 0.3) is 5.69 Å². The Balaban J connectivity index is 1.78. The molecule has 21 heavy (non-hydrogen) atoms. The van der Waals surface area contributed by atoms with Crippen LogP contribution in [0.1, 0.15) is 38.5 Å². The average Bonchev–Trinajstić information content (AvgIpc) is 2.95. The van der Waals surface area contributed by atoms with E-state index in [0.29, 0.717) is 11.1 Å². The zero-order valence-electron chi connectivity index (χ0n) is 12.2. The minimum absolute atomic E-state index is 0.0848. The molecule has 1 saturated carbocycles. The third-order valence-corrected chi connectivity index (χ3v) is 5.13. The lowest BCUT2D eigenvalue weighted by molar-refractivity contribution is -0.384.